The fraction of sp³-hybridized carbons (Fsp3) is 0.0800. The fourth-order valence-corrected chi connectivity index (χ4v) is 3.66. The van der Waals surface area contributed by atoms with Gasteiger partial charge in [-0.1, -0.05) is 54.6 Å². The minimum atomic E-state index is -0.118. The molecule has 1 amide bonds. The summed E-state index contributed by atoms with van der Waals surface area (Å²) >= 11 is 0. The second-order valence-corrected chi connectivity index (χ2v) is 7.41. The lowest BCUT2D eigenvalue weighted by Gasteiger charge is -2.08. The minimum Gasteiger partial charge on any atom is -0.310 e. The number of para-hydroxylation sites is 1. The highest BCUT2D eigenvalue weighted by atomic mass is 16.1. The lowest BCUT2D eigenvalue weighted by atomic mass is 10.1. The molecule has 0 radical (unpaired) electrons. The van der Waals surface area contributed by atoms with Gasteiger partial charge in [-0.25, -0.2) is 9.67 Å². The Morgan fingerprint density at radius 1 is 0.968 bits per heavy atom. The van der Waals surface area contributed by atoms with Crippen molar-refractivity contribution in [3.63, 3.8) is 0 Å². The minimum absolute atomic E-state index is 0.118. The van der Waals surface area contributed by atoms with Crippen LogP contribution in [0.5, 0.6) is 0 Å². The van der Waals surface area contributed by atoms with Crippen molar-refractivity contribution in [3.05, 3.63) is 103 Å². The standard InChI is InChI=1S/C25H21N5O/c1-18-9-8-14-29-24(18)28-23(20-10-4-2-5-11-20)25(29)27-22(31)15-19-16-26-30(17-19)21-12-6-3-7-13-21/h2-14,16-17H,15H2,1H3,(H,27,31). The number of benzene rings is 2. The van der Waals surface area contributed by atoms with Crippen molar-refractivity contribution in [3.8, 4) is 16.9 Å². The van der Waals surface area contributed by atoms with Gasteiger partial charge >= 0.3 is 0 Å². The first-order chi connectivity index (χ1) is 15.2. The molecule has 3 aromatic heterocycles. The summed E-state index contributed by atoms with van der Waals surface area (Å²) in [6.07, 6.45) is 5.75. The van der Waals surface area contributed by atoms with Gasteiger partial charge in [0.15, 0.2) is 0 Å². The van der Waals surface area contributed by atoms with Gasteiger partial charge in [0, 0.05) is 18.0 Å². The third-order valence-electron chi connectivity index (χ3n) is 5.17. The Morgan fingerprint density at radius 2 is 1.71 bits per heavy atom. The summed E-state index contributed by atoms with van der Waals surface area (Å²) in [4.78, 5) is 17.8. The van der Waals surface area contributed by atoms with Crippen LogP contribution in [0.3, 0.4) is 0 Å². The van der Waals surface area contributed by atoms with Crippen LogP contribution in [0.1, 0.15) is 11.1 Å². The maximum Gasteiger partial charge on any atom is 0.230 e. The maximum absolute atomic E-state index is 12.9. The molecule has 6 nitrogen and oxygen atoms in total. The molecule has 1 N–H and O–H groups in total. The number of anilines is 1. The van der Waals surface area contributed by atoms with Gasteiger partial charge in [0.25, 0.3) is 0 Å². The van der Waals surface area contributed by atoms with E-state index in [-0.39, 0.29) is 12.3 Å². The summed E-state index contributed by atoms with van der Waals surface area (Å²) in [6, 6.07) is 23.7. The van der Waals surface area contributed by atoms with Crippen LogP contribution in [0, 0.1) is 6.92 Å². The van der Waals surface area contributed by atoms with Gasteiger partial charge < -0.3 is 5.32 Å². The van der Waals surface area contributed by atoms with E-state index in [0.717, 1.165) is 33.7 Å². The van der Waals surface area contributed by atoms with Crippen LogP contribution in [0.15, 0.2) is 91.4 Å². The van der Waals surface area contributed by atoms with Gasteiger partial charge in [0.1, 0.15) is 17.2 Å². The molecule has 6 heteroatoms. The van der Waals surface area contributed by atoms with Gasteiger partial charge in [-0.15, -0.1) is 0 Å². The zero-order chi connectivity index (χ0) is 21.2. The normalized spacial score (nSPS) is 11.0. The van der Waals surface area contributed by atoms with E-state index >= 15 is 0 Å². The van der Waals surface area contributed by atoms with E-state index < -0.39 is 0 Å². The number of nitrogens with zero attached hydrogens (tertiary/aromatic N) is 4. The number of carbonyl (C=O) groups excluding carboxylic acids is 1. The molecule has 2 aromatic carbocycles. The number of fused-ring (bicyclic) bond motifs is 1. The summed E-state index contributed by atoms with van der Waals surface area (Å²) in [7, 11) is 0. The molecule has 152 valence electrons. The van der Waals surface area contributed by atoms with Crippen LogP contribution in [0.2, 0.25) is 0 Å². The molecule has 0 fully saturated rings. The monoisotopic (exact) mass is 407 g/mol. The third kappa shape index (κ3) is 3.71. The highest BCUT2D eigenvalue weighted by Gasteiger charge is 2.18. The van der Waals surface area contributed by atoms with Crippen LogP contribution in [0.4, 0.5) is 5.82 Å². The average Bonchev–Trinajstić information content (AvgIpc) is 3.41. The Balaban J connectivity index is 1.44. The van der Waals surface area contributed by atoms with E-state index in [1.807, 2.05) is 96.5 Å². The van der Waals surface area contributed by atoms with Crippen molar-refractivity contribution in [1.29, 1.82) is 0 Å². The Bertz CT molecular complexity index is 1350. The largest absolute Gasteiger partial charge is 0.310 e. The van der Waals surface area contributed by atoms with Crippen molar-refractivity contribution < 1.29 is 4.79 Å². The fourth-order valence-electron chi connectivity index (χ4n) is 3.66. The number of aryl methyl sites for hydroxylation is 1. The molecule has 5 aromatic rings. The van der Waals surface area contributed by atoms with Gasteiger partial charge in [0.2, 0.25) is 5.91 Å². The maximum atomic E-state index is 12.9. The predicted octanol–water partition coefficient (Wildman–Crippen LogP) is 4.68. The Kier molecular flexibility index (Phi) is 4.80. The molecule has 0 spiro atoms. The second kappa shape index (κ2) is 7.91. The molecule has 0 saturated carbocycles. The molecule has 0 aliphatic heterocycles. The van der Waals surface area contributed by atoms with Crippen molar-refractivity contribution in [2.45, 2.75) is 13.3 Å². The molecule has 3 heterocycles. The number of amides is 1. The summed E-state index contributed by atoms with van der Waals surface area (Å²) in [5.74, 6) is 0.554. The second-order valence-electron chi connectivity index (χ2n) is 7.41. The van der Waals surface area contributed by atoms with Gasteiger partial charge in [-0.2, -0.15) is 5.10 Å². The molecular formula is C25H21N5O. The lowest BCUT2D eigenvalue weighted by molar-refractivity contribution is -0.115. The SMILES string of the molecule is Cc1cccn2c(NC(=O)Cc3cnn(-c4ccccc4)c3)c(-c3ccccc3)nc12. The number of nitrogens with one attached hydrogen (secondary N) is 1. The van der Waals surface area contributed by atoms with Gasteiger partial charge in [-0.05, 0) is 36.2 Å². The van der Waals surface area contributed by atoms with E-state index in [2.05, 4.69) is 10.4 Å². The summed E-state index contributed by atoms with van der Waals surface area (Å²) in [5, 5.41) is 7.46. The topological polar surface area (TPSA) is 64.2 Å². The Labute approximate surface area is 179 Å². The van der Waals surface area contributed by atoms with E-state index in [1.54, 1.807) is 10.9 Å². The Morgan fingerprint density at radius 3 is 2.48 bits per heavy atom. The van der Waals surface area contributed by atoms with Crippen LogP contribution in [-0.4, -0.2) is 25.1 Å². The number of hydrogen-bond donors (Lipinski definition) is 1. The molecule has 5 rings (SSSR count). The highest BCUT2D eigenvalue weighted by molar-refractivity contribution is 5.95. The number of imidazole rings is 1. The number of carbonyl (C=O) groups is 1. The molecule has 31 heavy (non-hydrogen) atoms. The Hall–Kier alpha value is -4.19. The number of hydrogen-bond acceptors (Lipinski definition) is 3. The zero-order valence-corrected chi connectivity index (χ0v) is 17.1. The smallest absolute Gasteiger partial charge is 0.230 e. The lowest BCUT2D eigenvalue weighted by Crippen LogP contribution is -2.16. The molecule has 0 aliphatic carbocycles. The van der Waals surface area contributed by atoms with Crippen LogP contribution in [0.25, 0.3) is 22.6 Å². The van der Waals surface area contributed by atoms with E-state index in [9.17, 15) is 4.79 Å². The average molecular weight is 407 g/mol. The predicted molar refractivity (Wildman–Crippen MR) is 121 cm³/mol. The molecule has 0 bridgehead atoms. The third-order valence-corrected chi connectivity index (χ3v) is 5.17. The number of pyridine rings is 1. The molecule has 0 aliphatic rings. The van der Waals surface area contributed by atoms with Crippen molar-refractivity contribution in [2.24, 2.45) is 0 Å². The molecule has 0 unspecified atom stereocenters. The van der Waals surface area contributed by atoms with E-state index in [0.29, 0.717) is 5.82 Å². The van der Waals surface area contributed by atoms with E-state index in [4.69, 9.17) is 4.98 Å². The van der Waals surface area contributed by atoms with Crippen LogP contribution in [-0.2, 0) is 11.2 Å². The summed E-state index contributed by atoms with van der Waals surface area (Å²) in [6.45, 7) is 2.01. The van der Waals surface area contributed by atoms with Gasteiger partial charge in [0.05, 0.1) is 18.3 Å². The van der Waals surface area contributed by atoms with Crippen molar-refractivity contribution in [1.82, 2.24) is 19.2 Å². The summed E-state index contributed by atoms with van der Waals surface area (Å²) in [5.41, 5.74) is 5.38. The highest BCUT2D eigenvalue weighted by Crippen LogP contribution is 2.29. The molecule has 0 atom stereocenters. The first kappa shape index (κ1) is 18.8. The van der Waals surface area contributed by atoms with Crippen molar-refractivity contribution in [2.75, 3.05) is 5.32 Å². The number of aromatic nitrogens is 4. The zero-order valence-electron chi connectivity index (χ0n) is 17.1. The van der Waals surface area contributed by atoms with Crippen LogP contribution < -0.4 is 5.32 Å². The molecular weight excluding hydrogens is 386 g/mol. The first-order valence-corrected chi connectivity index (χ1v) is 10.1. The van der Waals surface area contributed by atoms with Gasteiger partial charge in [-0.3, -0.25) is 9.20 Å². The van der Waals surface area contributed by atoms with E-state index in [1.165, 1.54) is 0 Å². The first-order valence-electron chi connectivity index (χ1n) is 10.1. The molecule has 0 saturated heterocycles. The quantitative estimate of drug-likeness (QED) is 0.460. The number of rotatable bonds is 5. The summed E-state index contributed by atoms with van der Waals surface area (Å²) < 4.78 is 3.71. The van der Waals surface area contributed by atoms with Crippen molar-refractivity contribution >= 4 is 17.4 Å². The van der Waals surface area contributed by atoms with Crippen LogP contribution >= 0.6 is 0 Å².